The predicted molar refractivity (Wildman–Crippen MR) is 202 cm³/mol. The molecule has 6 rings (SSSR count). The fraction of sp³-hybridized carbons (Fsp3) is 0. The third kappa shape index (κ3) is 7.53. The molecule has 0 aliphatic rings. The molecule has 5 heteroatoms. The standard InChI is InChI=1S/C42H28N2S2Se/c43-29-45-39(33-21-9-3-10-22-33)41(37-27-15-13-25-35(37)31-17-5-1-6-18-31)47-42(40(46-30-44)34-23-11-4-12-24-34)38-28-16-14-26-36(38)32-19-7-2-8-20-32/h1-28H. The van der Waals surface area contributed by atoms with Crippen LogP contribution in [0.15, 0.2) is 170 Å². The van der Waals surface area contributed by atoms with Gasteiger partial charge >= 0.3 is 293 Å². The minimum atomic E-state index is -0.375. The topological polar surface area (TPSA) is 47.6 Å². The molecular formula is C42H28N2S2Se. The first-order chi connectivity index (χ1) is 23.3. The summed E-state index contributed by atoms with van der Waals surface area (Å²) in [6.07, 6.45) is 0. The summed E-state index contributed by atoms with van der Waals surface area (Å²) in [6.45, 7) is 0. The van der Waals surface area contributed by atoms with Crippen molar-refractivity contribution >= 4 is 57.2 Å². The van der Waals surface area contributed by atoms with Crippen LogP contribution in [-0.4, -0.2) is 15.0 Å². The molecule has 47 heavy (non-hydrogen) atoms. The number of benzene rings is 6. The SMILES string of the molecule is N#CSC(=C([Se]C(=C(SC#N)c1ccccc1)c1ccccc1-c1ccccc1)c1ccccc1-c1ccccc1)c1ccccc1. The second kappa shape index (κ2) is 16.0. The summed E-state index contributed by atoms with van der Waals surface area (Å²) in [7, 11) is 0. The van der Waals surface area contributed by atoms with Gasteiger partial charge in [0.25, 0.3) is 0 Å². The maximum absolute atomic E-state index is 10.2. The third-order valence-corrected chi connectivity index (χ3v) is 12.2. The van der Waals surface area contributed by atoms with E-state index >= 15 is 0 Å². The molecule has 0 saturated heterocycles. The van der Waals surface area contributed by atoms with Crippen LogP contribution in [0.25, 0.3) is 41.0 Å². The van der Waals surface area contributed by atoms with Crippen molar-refractivity contribution in [1.82, 2.24) is 0 Å². The Morgan fingerprint density at radius 2 is 0.723 bits per heavy atom. The van der Waals surface area contributed by atoms with Gasteiger partial charge in [0.1, 0.15) is 0 Å². The quantitative estimate of drug-likeness (QED) is 0.0809. The Morgan fingerprint density at radius 1 is 0.404 bits per heavy atom. The molecule has 0 spiro atoms. The number of thiocyanates is 2. The fourth-order valence-corrected chi connectivity index (χ4v) is 9.97. The first kappa shape index (κ1) is 32.0. The van der Waals surface area contributed by atoms with E-state index in [1.54, 1.807) is 0 Å². The van der Waals surface area contributed by atoms with Gasteiger partial charge in [-0.05, 0) is 0 Å². The van der Waals surface area contributed by atoms with Gasteiger partial charge in [0.2, 0.25) is 0 Å². The average Bonchev–Trinajstić information content (AvgIpc) is 3.15. The first-order valence-electron chi connectivity index (χ1n) is 15.0. The first-order valence-corrected chi connectivity index (χ1v) is 18.3. The Morgan fingerprint density at radius 3 is 1.09 bits per heavy atom. The van der Waals surface area contributed by atoms with E-state index in [9.17, 15) is 10.5 Å². The van der Waals surface area contributed by atoms with Gasteiger partial charge in [-0.2, -0.15) is 0 Å². The van der Waals surface area contributed by atoms with E-state index in [0.717, 1.165) is 63.3 Å². The maximum atomic E-state index is 10.2. The van der Waals surface area contributed by atoms with Crippen LogP contribution in [0.5, 0.6) is 0 Å². The van der Waals surface area contributed by atoms with Gasteiger partial charge < -0.3 is 0 Å². The van der Waals surface area contributed by atoms with Crippen molar-refractivity contribution in [2.45, 2.75) is 0 Å². The average molecular weight is 704 g/mol. The van der Waals surface area contributed by atoms with E-state index in [0.29, 0.717) is 0 Å². The number of rotatable bonds is 10. The number of hydrogen-bond donors (Lipinski definition) is 0. The van der Waals surface area contributed by atoms with Crippen molar-refractivity contribution in [3.05, 3.63) is 192 Å². The zero-order valence-corrected chi connectivity index (χ0v) is 28.6. The zero-order chi connectivity index (χ0) is 32.3. The molecule has 0 amide bonds. The summed E-state index contributed by atoms with van der Waals surface area (Å²) >= 11 is 2.03. The van der Waals surface area contributed by atoms with Crippen LogP contribution in [0.3, 0.4) is 0 Å². The molecule has 0 bridgehead atoms. The molecule has 0 heterocycles. The van der Waals surface area contributed by atoms with Gasteiger partial charge in [0, 0.05) is 0 Å². The Balaban J connectivity index is 1.71. The molecule has 6 aromatic rings. The van der Waals surface area contributed by atoms with Crippen LogP contribution in [0.1, 0.15) is 22.3 Å². The van der Waals surface area contributed by atoms with Crippen LogP contribution in [-0.2, 0) is 0 Å². The van der Waals surface area contributed by atoms with Gasteiger partial charge in [-0.1, -0.05) is 0 Å². The van der Waals surface area contributed by atoms with Gasteiger partial charge in [0.15, 0.2) is 0 Å². The van der Waals surface area contributed by atoms with E-state index in [-0.39, 0.29) is 15.0 Å². The summed E-state index contributed by atoms with van der Waals surface area (Å²) < 4.78 is 2.17. The van der Waals surface area contributed by atoms with Crippen LogP contribution < -0.4 is 0 Å². The summed E-state index contributed by atoms with van der Waals surface area (Å²) in [5, 5.41) is 25.3. The molecule has 0 radical (unpaired) electrons. The Labute approximate surface area is 291 Å². The Hall–Kier alpha value is -5.00. The summed E-state index contributed by atoms with van der Waals surface area (Å²) in [4.78, 5) is 1.83. The second-order valence-electron chi connectivity index (χ2n) is 10.4. The molecule has 224 valence electrons. The molecule has 0 atom stereocenters. The third-order valence-electron chi connectivity index (χ3n) is 7.50. The second-order valence-corrected chi connectivity index (χ2v) is 14.1. The van der Waals surface area contributed by atoms with Gasteiger partial charge in [-0.25, -0.2) is 0 Å². The molecule has 0 N–H and O–H groups in total. The van der Waals surface area contributed by atoms with E-state index in [1.807, 2.05) is 48.5 Å². The van der Waals surface area contributed by atoms with Crippen molar-refractivity contribution in [3.63, 3.8) is 0 Å². The normalized spacial score (nSPS) is 11.9. The number of nitriles is 2. The van der Waals surface area contributed by atoms with Crippen LogP contribution in [0.4, 0.5) is 0 Å². The van der Waals surface area contributed by atoms with Crippen LogP contribution in [0, 0.1) is 21.3 Å². The molecule has 0 unspecified atom stereocenters. The van der Waals surface area contributed by atoms with Crippen LogP contribution >= 0.6 is 23.5 Å². The van der Waals surface area contributed by atoms with Gasteiger partial charge in [-0.3, -0.25) is 0 Å². The van der Waals surface area contributed by atoms with Gasteiger partial charge in [0.05, 0.1) is 0 Å². The molecule has 0 aliphatic carbocycles. The Kier molecular flexibility index (Phi) is 10.9. The van der Waals surface area contributed by atoms with Crippen LogP contribution in [0.2, 0.25) is 0 Å². The number of hydrogen-bond acceptors (Lipinski definition) is 4. The molecule has 2 nitrogen and oxygen atoms in total. The molecule has 0 fully saturated rings. The van der Waals surface area contributed by atoms with E-state index in [1.165, 1.54) is 23.5 Å². The van der Waals surface area contributed by atoms with E-state index in [4.69, 9.17) is 0 Å². The van der Waals surface area contributed by atoms with Crippen molar-refractivity contribution < 1.29 is 0 Å². The van der Waals surface area contributed by atoms with Crippen molar-refractivity contribution in [1.29, 1.82) is 10.5 Å². The van der Waals surface area contributed by atoms with Crippen molar-refractivity contribution in [2.24, 2.45) is 0 Å². The van der Waals surface area contributed by atoms with E-state index < -0.39 is 0 Å². The monoisotopic (exact) mass is 704 g/mol. The predicted octanol–water partition coefficient (Wildman–Crippen LogP) is 11.5. The van der Waals surface area contributed by atoms with Crippen molar-refractivity contribution in [3.8, 4) is 33.1 Å². The number of nitrogens with zero attached hydrogens (tertiary/aromatic N) is 2. The molecular weight excluding hydrogens is 676 g/mol. The zero-order valence-electron chi connectivity index (χ0n) is 25.3. The molecule has 6 aromatic carbocycles. The van der Waals surface area contributed by atoms with Gasteiger partial charge in [-0.15, -0.1) is 0 Å². The van der Waals surface area contributed by atoms with Crippen molar-refractivity contribution in [2.75, 3.05) is 0 Å². The minimum absolute atomic E-state index is 0.375. The summed E-state index contributed by atoms with van der Waals surface area (Å²) in [5.41, 5.74) is 8.54. The fourth-order valence-electron chi connectivity index (χ4n) is 5.39. The summed E-state index contributed by atoms with van der Waals surface area (Å²) in [6, 6.07) is 58.1. The number of thioether (sulfide) groups is 2. The Bertz CT molecular complexity index is 1960. The molecule has 0 saturated carbocycles. The van der Waals surface area contributed by atoms with E-state index in [2.05, 4.69) is 132 Å². The molecule has 0 aromatic heterocycles. The molecule has 0 aliphatic heterocycles. The summed E-state index contributed by atoms with van der Waals surface area (Å²) in [5.74, 6) is 0.